The van der Waals surface area contributed by atoms with E-state index in [1.54, 1.807) is 6.92 Å². The summed E-state index contributed by atoms with van der Waals surface area (Å²) in [6, 6.07) is 0.128. The third-order valence-electron chi connectivity index (χ3n) is 4.09. The number of nitrogens with two attached hydrogens (primary N) is 1. The molecule has 3 N–H and O–H groups in total. The van der Waals surface area contributed by atoms with Gasteiger partial charge in [-0.1, -0.05) is 11.3 Å². The van der Waals surface area contributed by atoms with Crippen molar-refractivity contribution in [1.82, 2.24) is 15.2 Å². The fraction of sp³-hybridized carbons (Fsp3) is 0.643. The van der Waals surface area contributed by atoms with Crippen LogP contribution in [-0.2, 0) is 4.79 Å². The van der Waals surface area contributed by atoms with Crippen LogP contribution in [0.4, 0.5) is 5.13 Å². The number of aromatic nitrogens is 1. The lowest BCUT2D eigenvalue weighted by atomic mass is 10.0. The number of amides is 2. The summed E-state index contributed by atoms with van der Waals surface area (Å²) in [6.45, 7) is 3.27. The molecule has 0 spiro atoms. The lowest BCUT2D eigenvalue weighted by Crippen LogP contribution is -2.47. The first-order valence-electron chi connectivity index (χ1n) is 7.37. The van der Waals surface area contributed by atoms with Crippen molar-refractivity contribution in [3.05, 3.63) is 10.6 Å². The topological polar surface area (TPSA) is 88.3 Å². The predicted octanol–water partition coefficient (Wildman–Crippen LogP) is 1.16. The highest BCUT2D eigenvalue weighted by Crippen LogP contribution is 2.32. The number of piperidine rings is 1. The molecular weight excluding hydrogens is 288 g/mol. The van der Waals surface area contributed by atoms with Gasteiger partial charge < -0.3 is 16.0 Å². The van der Waals surface area contributed by atoms with E-state index in [-0.39, 0.29) is 17.9 Å². The Bertz CT molecular complexity index is 559. The van der Waals surface area contributed by atoms with Crippen LogP contribution in [0.3, 0.4) is 0 Å². The van der Waals surface area contributed by atoms with Crippen LogP contribution in [0.2, 0.25) is 0 Å². The normalized spacial score (nSPS) is 19.6. The number of hydrogen-bond acceptors (Lipinski definition) is 5. The van der Waals surface area contributed by atoms with Crippen molar-refractivity contribution < 1.29 is 9.59 Å². The fourth-order valence-corrected chi connectivity index (χ4v) is 3.45. The molecule has 2 aliphatic rings. The highest BCUT2D eigenvalue weighted by atomic mass is 32.1. The fourth-order valence-electron chi connectivity index (χ4n) is 2.71. The van der Waals surface area contributed by atoms with E-state index in [0.717, 1.165) is 38.8 Å². The van der Waals surface area contributed by atoms with Gasteiger partial charge in [0, 0.05) is 25.0 Å². The van der Waals surface area contributed by atoms with E-state index >= 15 is 0 Å². The second-order valence-electron chi connectivity index (χ2n) is 5.81. The molecule has 1 aliphatic carbocycles. The summed E-state index contributed by atoms with van der Waals surface area (Å²) in [5.74, 6) is 0.471. The summed E-state index contributed by atoms with van der Waals surface area (Å²) in [4.78, 5) is 30.8. The van der Waals surface area contributed by atoms with E-state index < -0.39 is 0 Å². The smallest absolute Gasteiger partial charge is 0.263 e. The average Bonchev–Trinajstić information content (AvgIpc) is 3.24. The van der Waals surface area contributed by atoms with Gasteiger partial charge in [0.15, 0.2) is 5.13 Å². The van der Waals surface area contributed by atoms with Gasteiger partial charge in [-0.3, -0.25) is 9.59 Å². The number of carbonyl (C=O) groups excluding carboxylic acids is 2. The number of anilines is 1. The Labute approximate surface area is 127 Å². The Kier molecular flexibility index (Phi) is 3.84. The van der Waals surface area contributed by atoms with Gasteiger partial charge in [-0.2, -0.15) is 0 Å². The number of likely N-dealkylation sites (tertiary alicyclic amines) is 1. The van der Waals surface area contributed by atoms with Gasteiger partial charge in [0.2, 0.25) is 5.91 Å². The lowest BCUT2D eigenvalue weighted by Gasteiger charge is -2.32. The third kappa shape index (κ3) is 3.18. The van der Waals surface area contributed by atoms with Gasteiger partial charge in [-0.25, -0.2) is 4.98 Å². The number of aryl methyl sites for hydroxylation is 1. The zero-order valence-corrected chi connectivity index (χ0v) is 12.9. The van der Waals surface area contributed by atoms with Gasteiger partial charge in [0.1, 0.15) is 4.88 Å². The summed E-state index contributed by atoms with van der Waals surface area (Å²) in [5.41, 5.74) is 6.30. The second kappa shape index (κ2) is 5.63. The van der Waals surface area contributed by atoms with Crippen LogP contribution in [0.1, 0.15) is 41.0 Å². The second-order valence-corrected chi connectivity index (χ2v) is 6.84. The molecule has 21 heavy (non-hydrogen) atoms. The molecule has 1 aliphatic heterocycles. The molecule has 1 aromatic rings. The first-order chi connectivity index (χ1) is 10.0. The van der Waals surface area contributed by atoms with Crippen molar-refractivity contribution in [3.8, 4) is 0 Å². The zero-order chi connectivity index (χ0) is 15.0. The number of carbonyl (C=O) groups is 2. The van der Waals surface area contributed by atoms with Crippen LogP contribution < -0.4 is 11.1 Å². The van der Waals surface area contributed by atoms with Crippen LogP contribution in [0.25, 0.3) is 0 Å². The molecule has 0 atom stereocenters. The Morgan fingerprint density at radius 1 is 1.29 bits per heavy atom. The van der Waals surface area contributed by atoms with E-state index in [0.29, 0.717) is 21.6 Å². The lowest BCUT2D eigenvalue weighted by molar-refractivity contribution is -0.133. The molecule has 6 nitrogen and oxygen atoms in total. The van der Waals surface area contributed by atoms with Crippen molar-refractivity contribution >= 4 is 28.3 Å². The molecule has 1 saturated heterocycles. The summed E-state index contributed by atoms with van der Waals surface area (Å²) < 4.78 is 0. The molecular formula is C14H20N4O2S. The van der Waals surface area contributed by atoms with Crippen LogP contribution in [0.5, 0.6) is 0 Å². The van der Waals surface area contributed by atoms with Crippen molar-refractivity contribution in [1.29, 1.82) is 0 Å². The molecule has 7 heteroatoms. The van der Waals surface area contributed by atoms with Crippen LogP contribution >= 0.6 is 11.3 Å². The van der Waals surface area contributed by atoms with Gasteiger partial charge in [0.25, 0.3) is 5.91 Å². The number of thiazole rings is 1. The minimum atomic E-state index is -0.103. The highest BCUT2D eigenvalue weighted by molar-refractivity contribution is 7.17. The Morgan fingerprint density at radius 3 is 2.48 bits per heavy atom. The summed E-state index contributed by atoms with van der Waals surface area (Å²) in [7, 11) is 0. The van der Waals surface area contributed by atoms with E-state index in [9.17, 15) is 9.59 Å². The first-order valence-corrected chi connectivity index (χ1v) is 8.19. The molecule has 1 saturated carbocycles. The standard InChI is InChI=1S/C14H20N4O2S/c1-8-11(21-14(15)16-8)12(19)17-10-4-6-18(7-5-10)13(20)9-2-3-9/h9-10H,2-7H2,1H3,(H2,15,16)(H,17,19). The van der Waals surface area contributed by atoms with Crippen molar-refractivity contribution in [2.75, 3.05) is 18.8 Å². The average molecular weight is 308 g/mol. The van der Waals surface area contributed by atoms with Crippen molar-refractivity contribution in [2.24, 2.45) is 5.92 Å². The van der Waals surface area contributed by atoms with Gasteiger partial charge in [-0.15, -0.1) is 0 Å². The van der Waals surface area contributed by atoms with Crippen LogP contribution in [0.15, 0.2) is 0 Å². The molecule has 0 radical (unpaired) electrons. The number of nitrogen functional groups attached to an aromatic ring is 1. The van der Waals surface area contributed by atoms with Crippen molar-refractivity contribution in [3.63, 3.8) is 0 Å². The third-order valence-corrected chi connectivity index (χ3v) is 5.07. The number of nitrogens with one attached hydrogen (secondary N) is 1. The maximum atomic E-state index is 12.2. The maximum Gasteiger partial charge on any atom is 0.263 e. The largest absolute Gasteiger partial charge is 0.375 e. The molecule has 114 valence electrons. The first kappa shape index (κ1) is 14.3. The molecule has 0 aromatic carbocycles. The zero-order valence-electron chi connectivity index (χ0n) is 12.1. The summed E-state index contributed by atoms with van der Waals surface area (Å²) in [6.07, 6.45) is 3.72. The minimum absolute atomic E-state index is 0.103. The molecule has 0 unspecified atom stereocenters. The quantitative estimate of drug-likeness (QED) is 0.877. The van der Waals surface area contributed by atoms with Crippen LogP contribution in [0, 0.1) is 12.8 Å². The number of rotatable bonds is 3. The van der Waals surface area contributed by atoms with E-state index in [1.807, 2.05) is 4.90 Å². The van der Waals surface area contributed by atoms with E-state index in [2.05, 4.69) is 10.3 Å². The molecule has 1 aromatic heterocycles. The monoisotopic (exact) mass is 308 g/mol. The van der Waals surface area contributed by atoms with Gasteiger partial charge in [0.05, 0.1) is 5.69 Å². The molecule has 2 fully saturated rings. The van der Waals surface area contributed by atoms with Gasteiger partial charge in [-0.05, 0) is 32.6 Å². The molecule has 3 rings (SSSR count). The van der Waals surface area contributed by atoms with E-state index in [4.69, 9.17) is 5.73 Å². The van der Waals surface area contributed by atoms with Crippen LogP contribution in [-0.4, -0.2) is 40.8 Å². The van der Waals surface area contributed by atoms with E-state index in [1.165, 1.54) is 11.3 Å². The summed E-state index contributed by atoms with van der Waals surface area (Å²) >= 11 is 1.22. The maximum absolute atomic E-state index is 12.2. The molecule has 2 heterocycles. The predicted molar refractivity (Wildman–Crippen MR) is 81.1 cm³/mol. The SMILES string of the molecule is Cc1nc(N)sc1C(=O)NC1CCN(C(=O)C2CC2)CC1. The Balaban J connectivity index is 1.52. The summed E-state index contributed by atoms with van der Waals surface area (Å²) in [5, 5.41) is 3.45. The molecule has 0 bridgehead atoms. The molecule has 2 amide bonds. The van der Waals surface area contributed by atoms with Crippen molar-refractivity contribution in [2.45, 2.75) is 38.6 Å². The number of nitrogens with zero attached hydrogens (tertiary/aromatic N) is 2. The highest BCUT2D eigenvalue weighted by Gasteiger charge is 2.35. The minimum Gasteiger partial charge on any atom is -0.375 e. The number of hydrogen-bond donors (Lipinski definition) is 2. The Morgan fingerprint density at radius 2 is 1.95 bits per heavy atom. The Hall–Kier alpha value is -1.63. The van der Waals surface area contributed by atoms with Gasteiger partial charge >= 0.3 is 0 Å².